The topological polar surface area (TPSA) is 85.3 Å². The van der Waals surface area contributed by atoms with Gasteiger partial charge >= 0.3 is 0 Å². The van der Waals surface area contributed by atoms with Crippen molar-refractivity contribution in [3.8, 4) is 11.5 Å². The van der Waals surface area contributed by atoms with Crippen molar-refractivity contribution in [3.63, 3.8) is 0 Å². The number of amides is 1. The smallest absolute Gasteiger partial charge is 0.262 e. The van der Waals surface area contributed by atoms with Crippen LogP contribution in [0.4, 0.5) is 0 Å². The lowest BCUT2D eigenvalue weighted by Crippen LogP contribution is -2.28. The Bertz CT molecular complexity index is 1270. The number of nitrogens with zero attached hydrogens (tertiary/aromatic N) is 1. The first-order valence-electron chi connectivity index (χ1n) is 10.6. The van der Waals surface area contributed by atoms with Crippen LogP contribution < -0.4 is 20.3 Å². The molecule has 160 valence electrons. The number of ether oxygens (including phenoxy) is 2. The van der Waals surface area contributed by atoms with Crippen LogP contribution in [0.15, 0.2) is 41.2 Å². The van der Waals surface area contributed by atoms with Crippen molar-refractivity contribution in [1.29, 1.82) is 0 Å². The summed E-state index contributed by atoms with van der Waals surface area (Å²) in [6, 6.07) is 10.8. The minimum absolute atomic E-state index is 0.0852. The Morgan fingerprint density at radius 1 is 1.10 bits per heavy atom. The van der Waals surface area contributed by atoms with Crippen molar-refractivity contribution < 1.29 is 14.3 Å². The Morgan fingerprint density at radius 3 is 2.74 bits per heavy atom. The van der Waals surface area contributed by atoms with Crippen molar-refractivity contribution in [2.75, 3.05) is 6.79 Å². The number of H-pyrrole nitrogens is 1. The molecule has 1 aromatic heterocycles. The zero-order valence-electron chi connectivity index (χ0n) is 17.0. The summed E-state index contributed by atoms with van der Waals surface area (Å²) in [6.45, 7) is 0.568. The van der Waals surface area contributed by atoms with E-state index in [1.165, 1.54) is 6.42 Å². The van der Waals surface area contributed by atoms with Gasteiger partial charge in [-0.15, -0.1) is 0 Å². The molecule has 2 aromatic carbocycles. The largest absolute Gasteiger partial charge is 0.454 e. The van der Waals surface area contributed by atoms with Gasteiger partial charge in [-0.25, -0.2) is 0 Å². The summed E-state index contributed by atoms with van der Waals surface area (Å²) >= 11 is 5.50. The average Bonchev–Trinajstić information content (AvgIpc) is 3.26. The number of benzene rings is 2. The van der Waals surface area contributed by atoms with Gasteiger partial charge in [-0.1, -0.05) is 25.3 Å². The number of carbonyl (C=O) groups is 1. The van der Waals surface area contributed by atoms with Crippen LogP contribution in [0.5, 0.6) is 11.5 Å². The number of carbonyl (C=O) groups excluding carboxylic acids is 1. The fourth-order valence-corrected chi connectivity index (χ4v) is 4.72. The van der Waals surface area contributed by atoms with E-state index in [2.05, 4.69) is 10.3 Å². The molecule has 8 heteroatoms. The lowest BCUT2D eigenvalue weighted by Gasteiger charge is -2.24. The molecule has 1 saturated carbocycles. The normalized spacial score (nSPS) is 15.9. The predicted molar refractivity (Wildman–Crippen MR) is 119 cm³/mol. The van der Waals surface area contributed by atoms with E-state index in [-0.39, 0.29) is 24.3 Å². The Hall–Kier alpha value is -3.13. The molecule has 0 unspecified atom stereocenters. The third-order valence-electron chi connectivity index (χ3n) is 6.02. The van der Waals surface area contributed by atoms with Gasteiger partial charge in [0.15, 0.2) is 16.3 Å². The van der Waals surface area contributed by atoms with Crippen molar-refractivity contribution in [1.82, 2.24) is 14.9 Å². The molecule has 1 amide bonds. The SMILES string of the molecule is O=C(NCc1ccc2c(c1)OCO2)c1ccc2c(=O)n(C3CCCCC3)c(=S)[nH]c2c1. The number of hydrogen-bond acceptors (Lipinski definition) is 5. The molecule has 5 rings (SSSR count). The number of rotatable bonds is 4. The zero-order valence-corrected chi connectivity index (χ0v) is 17.8. The van der Waals surface area contributed by atoms with E-state index in [9.17, 15) is 9.59 Å². The van der Waals surface area contributed by atoms with Crippen molar-refractivity contribution in [2.24, 2.45) is 0 Å². The van der Waals surface area contributed by atoms with Crippen LogP contribution in [-0.2, 0) is 6.54 Å². The maximum atomic E-state index is 13.1. The van der Waals surface area contributed by atoms with E-state index in [0.29, 0.717) is 39.3 Å². The lowest BCUT2D eigenvalue weighted by molar-refractivity contribution is 0.0951. The second-order valence-corrected chi connectivity index (χ2v) is 8.41. The highest BCUT2D eigenvalue weighted by Crippen LogP contribution is 2.32. The van der Waals surface area contributed by atoms with Gasteiger partial charge in [-0.2, -0.15) is 0 Å². The summed E-state index contributed by atoms with van der Waals surface area (Å²) in [5.74, 6) is 1.16. The molecule has 2 aliphatic rings. The molecule has 0 radical (unpaired) electrons. The molecule has 31 heavy (non-hydrogen) atoms. The van der Waals surface area contributed by atoms with E-state index < -0.39 is 0 Å². The van der Waals surface area contributed by atoms with Gasteiger partial charge < -0.3 is 19.8 Å². The van der Waals surface area contributed by atoms with Crippen molar-refractivity contribution in [3.05, 3.63) is 62.6 Å². The first kappa shape index (κ1) is 19.8. The first-order chi connectivity index (χ1) is 15.1. The average molecular weight is 438 g/mol. The van der Waals surface area contributed by atoms with Crippen LogP contribution >= 0.6 is 12.2 Å². The maximum absolute atomic E-state index is 13.1. The van der Waals surface area contributed by atoms with Gasteiger partial charge in [0.05, 0.1) is 10.9 Å². The molecule has 0 bridgehead atoms. The Morgan fingerprint density at radius 2 is 1.90 bits per heavy atom. The Balaban J connectivity index is 1.37. The van der Waals surface area contributed by atoms with Crippen LogP contribution in [-0.4, -0.2) is 22.3 Å². The lowest BCUT2D eigenvalue weighted by atomic mass is 9.95. The molecule has 2 heterocycles. The monoisotopic (exact) mass is 437 g/mol. The van der Waals surface area contributed by atoms with Crippen molar-refractivity contribution in [2.45, 2.75) is 44.7 Å². The van der Waals surface area contributed by atoms with E-state index >= 15 is 0 Å². The second kappa shape index (κ2) is 8.19. The predicted octanol–water partition coefficient (Wildman–Crippen LogP) is 4.22. The van der Waals surface area contributed by atoms with E-state index in [4.69, 9.17) is 21.7 Å². The zero-order chi connectivity index (χ0) is 21.4. The molecule has 3 aromatic rings. The number of nitrogens with one attached hydrogen (secondary N) is 2. The summed E-state index contributed by atoms with van der Waals surface area (Å²) in [5, 5.41) is 3.45. The highest BCUT2D eigenvalue weighted by molar-refractivity contribution is 7.71. The van der Waals surface area contributed by atoms with Gasteiger partial charge in [0.2, 0.25) is 6.79 Å². The second-order valence-electron chi connectivity index (χ2n) is 8.03. The Labute approximate surface area is 184 Å². The minimum Gasteiger partial charge on any atom is -0.454 e. The fourth-order valence-electron chi connectivity index (χ4n) is 4.38. The molecular weight excluding hydrogens is 414 g/mol. The Kier molecular flexibility index (Phi) is 5.23. The maximum Gasteiger partial charge on any atom is 0.262 e. The number of hydrogen-bond donors (Lipinski definition) is 2. The molecule has 7 nitrogen and oxygen atoms in total. The van der Waals surface area contributed by atoms with Gasteiger partial charge in [0, 0.05) is 18.2 Å². The summed E-state index contributed by atoms with van der Waals surface area (Å²) in [5.41, 5.74) is 1.87. The number of aromatic nitrogens is 2. The third kappa shape index (κ3) is 3.83. The van der Waals surface area contributed by atoms with E-state index in [1.807, 2.05) is 18.2 Å². The highest BCUT2D eigenvalue weighted by Gasteiger charge is 2.19. The standard InChI is InChI=1S/C23H23N3O4S/c27-21(24-12-14-6-9-19-20(10-14)30-13-29-19)15-7-8-17-18(11-15)25-23(31)26(22(17)28)16-4-2-1-3-5-16/h6-11,16H,1-5,12-13H2,(H,24,27)(H,25,31). The fraction of sp³-hybridized carbons (Fsp3) is 0.348. The summed E-state index contributed by atoms with van der Waals surface area (Å²) < 4.78 is 12.8. The van der Waals surface area contributed by atoms with Crippen LogP contribution in [0.3, 0.4) is 0 Å². The van der Waals surface area contributed by atoms with Gasteiger partial charge in [0.25, 0.3) is 11.5 Å². The van der Waals surface area contributed by atoms with Gasteiger partial charge in [-0.3, -0.25) is 14.2 Å². The molecule has 1 aliphatic carbocycles. The van der Waals surface area contributed by atoms with Crippen molar-refractivity contribution >= 4 is 29.0 Å². The minimum atomic E-state index is -0.227. The molecule has 2 N–H and O–H groups in total. The van der Waals surface area contributed by atoms with Crippen LogP contribution in [0.25, 0.3) is 10.9 Å². The van der Waals surface area contributed by atoms with E-state index in [1.54, 1.807) is 22.8 Å². The van der Waals surface area contributed by atoms with Crippen LogP contribution in [0, 0.1) is 4.77 Å². The quantitative estimate of drug-likeness (QED) is 0.597. The summed E-state index contributed by atoms with van der Waals surface area (Å²) in [7, 11) is 0. The molecular formula is C23H23N3O4S. The number of aromatic amines is 1. The molecule has 1 aliphatic heterocycles. The summed E-state index contributed by atoms with van der Waals surface area (Å²) in [4.78, 5) is 28.9. The van der Waals surface area contributed by atoms with Crippen LogP contribution in [0.2, 0.25) is 0 Å². The number of fused-ring (bicyclic) bond motifs is 2. The van der Waals surface area contributed by atoms with Gasteiger partial charge in [0.1, 0.15) is 0 Å². The molecule has 0 atom stereocenters. The first-order valence-corrected chi connectivity index (χ1v) is 11.0. The molecule has 0 spiro atoms. The van der Waals surface area contributed by atoms with Crippen LogP contribution in [0.1, 0.15) is 54.1 Å². The third-order valence-corrected chi connectivity index (χ3v) is 6.32. The van der Waals surface area contributed by atoms with Gasteiger partial charge in [-0.05, 0) is 61.0 Å². The highest BCUT2D eigenvalue weighted by atomic mass is 32.1. The summed E-state index contributed by atoms with van der Waals surface area (Å²) in [6.07, 6.45) is 5.39. The molecule has 0 saturated heterocycles. The molecule has 1 fully saturated rings. The van der Waals surface area contributed by atoms with E-state index in [0.717, 1.165) is 31.2 Å².